The van der Waals surface area contributed by atoms with E-state index in [9.17, 15) is 10.1 Å². The van der Waals surface area contributed by atoms with Gasteiger partial charge in [0.15, 0.2) is 11.5 Å². The maximum atomic E-state index is 12.3. The highest BCUT2D eigenvalue weighted by Gasteiger charge is 2.13. The number of aromatic amines is 1. The van der Waals surface area contributed by atoms with Crippen molar-refractivity contribution in [3.63, 3.8) is 0 Å². The fraction of sp³-hybridized carbons (Fsp3) is 0.280. The van der Waals surface area contributed by atoms with Crippen molar-refractivity contribution in [1.29, 1.82) is 5.26 Å². The van der Waals surface area contributed by atoms with Crippen LogP contribution in [0.3, 0.4) is 0 Å². The molecule has 2 aromatic carbocycles. The Kier molecular flexibility index (Phi) is 7.53. The molecule has 0 spiro atoms. The fourth-order valence-corrected chi connectivity index (χ4v) is 3.78. The van der Waals surface area contributed by atoms with E-state index in [-0.39, 0.29) is 11.5 Å². The molecule has 174 valence electrons. The van der Waals surface area contributed by atoms with Crippen LogP contribution in [0.15, 0.2) is 58.4 Å². The molecule has 1 fully saturated rings. The number of ether oxygens (including phenoxy) is 2. The van der Waals surface area contributed by atoms with Crippen LogP contribution in [-0.4, -0.2) is 54.4 Å². The van der Waals surface area contributed by atoms with Gasteiger partial charge < -0.3 is 9.47 Å². The van der Waals surface area contributed by atoms with Crippen molar-refractivity contribution in [3.8, 4) is 28.8 Å². The molecule has 0 saturated carbocycles. The Morgan fingerprint density at radius 1 is 1.21 bits per heavy atom. The van der Waals surface area contributed by atoms with Crippen molar-refractivity contribution in [3.05, 3.63) is 70.0 Å². The highest BCUT2D eigenvalue weighted by Crippen LogP contribution is 2.27. The Bertz CT molecular complexity index is 1240. The molecular formula is C25H26N6O3. The fourth-order valence-electron chi connectivity index (χ4n) is 3.78. The Morgan fingerprint density at radius 2 is 2.00 bits per heavy atom. The molecule has 9 nitrogen and oxygen atoms in total. The van der Waals surface area contributed by atoms with Gasteiger partial charge in [-0.05, 0) is 49.7 Å². The number of aromatic nitrogens is 2. The summed E-state index contributed by atoms with van der Waals surface area (Å²) < 4.78 is 11.4. The molecule has 0 bridgehead atoms. The molecule has 0 radical (unpaired) electrons. The minimum Gasteiger partial charge on any atom is -0.493 e. The number of rotatable bonds is 9. The lowest BCUT2D eigenvalue weighted by molar-refractivity contribution is 0.230. The second-order valence-electron chi connectivity index (χ2n) is 7.79. The molecule has 1 aliphatic rings. The first-order valence-corrected chi connectivity index (χ1v) is 11.1. The molecule has 0 atom stereocenters. The number of benzene rings is 2. The minimum atomic E-state index is -0.536. The molecule has 3 aromatic rings. The summed E-state index contributed by atoms with van der Waals surface area (Å²) in [6, 6.07) is 16.5. The molecule has 1 aromatic heterocycles. The molecule has 0 amide bonds. The number of likely N-dealkylation sites (tertiary alicyclic amines) is 1. The monoisotopic (exact) mass is 458 g/mol. The van der Waals surface area contributed by atoms with Gasteiger partial charge in [0.2, 0.25) is 5.95 Å². The van der Waals surface area contributed by atoms with Crippen LogP contribution in [-0.2, 0) is 0 Å². The van der Waals surface area contributed by atoms with Gasteiger partial charge in [-0.15, -0.1) is 0 Å². The number of hydrazone groups is 1. The number of hydrogen-bond donors (Lipinski definition) is 2. The van der Waals surface area contributed by atoms with E-state index >= 15 is 0 Å². The van der Waals surface area contributed by atoms with Gasteiger partial charge in [0.25, 0.3) is 5.56 Å². The lowest BCUT2D eigenvalue weighted by atomic mass is 10.1. The maximum Gasteiger partial charge on any atom is 0.270 e. The topological polar surface area (TPSA) is 116 Å². The van der Waals surface area contributed by atoms with Gasteiger partial charge >= 0.3 is 0 Å². The van der Waals surface area contributed by atoms with E-state index in [2.05, 4.69) is 25.4 Å². The van der Waals surface area contributed by atoms with Crippen molar-refractivity contribution in [2.45, 2.75) is 12.8 Å². The molecule has 9 heteroatoms. The minimum absolute atomic E-state index is 0.0502. The van der Waals surface area contributed by atoms with Crippen molar-refractivity contribution >= 4 is 12.2 Å². The zero-order valence-corrected chi connectivity index (χ0v) is 19.0. The van der Waals surface area contributed by atoms with E-state index in [0.29, 0.717) is 29.4 Å². The molecule has 0 aliphatic carbocycles. The quantitative estimate of drug-likeness (QED) is 0.374. The van der Waals surface area contributed by atoms with Crippen molar-refractivity contribution in [2.75, 3.05) is 38.8 Å². The van der Waals surface area contributed by atoms with Crippen LogP contribution in [0.4, 0.5) is 5.95 Å². The summed E-state index contributed by atoms with van der Waals surface area (Å²) in [6.45, 7) is 3.77. The number of anilines is 1. The lowest BCUT2D eigenvalue weighted by Crippen LogP contribution is -2.25. The van der Waals surface area contributed by atoms with Crippen LogP contribution in [0.2, 0.25) is 0 Å². The third-order valence-corrected chi connectivity index (χ3v) is 5.51. The summed E-state index contributed by atoms with van der Waals surface area (Å²) in [4.78, 5) is 21.6. The summed E-state index contributed by atoms with van der Waals surface area (Å²) in [6.07, 6.45) is 4.09. The average Bonchev–Trinajstić information content (AvgIpc) is 3.38. The van der Waals surface area contributed by atoms with Gasteiger partial charge in [-0.2, -0.15) is 10.4 Å². The number of nitrogens with one attached hydrogen (secondary N) is 2. The number of H-pyrrole nitrogens is 1. The van der Waals surface area contributed by atoms with E-state index in [1.165, 1.54) is 12.8 Å². The molecule has 0 unspecified atom stereocenters. The van der Waals surface area contributed by atoms with Gasteiger partial charge in [0, 0.05) is 12.1 Å². The Hall–Kier alpha value is -4.16. The van der Waals surface area contributed by atoms with E-state index in [0.717, 1.165) is 25.2 Å². The summed E-state index contributed by atoms with van der Waals surface area (Å²) in [5.41, 5.74) is 3.88. The van der Waals surface area contributed by atoms with Crippen LogP contribution in [0, 0.1) is 11.3 Å². The van der Waals surface area contributed by atoms with Crippen molar-refractivity contribution < 1.29 is 9.47 Å². The molecule has 34 heavy (non-hydrogen) atoms. The van der Waals surface area contributed by atoms with E-state index in [4.69, 9.17) is 9.47 Å². The highest BCUT2D eigenvalue weighted by molar-refractivity contribution is 5.81. The lowest BCUT2D eigenvalue weighted by Gasteiger charge is -2.16. The Labute approximate surface area is 197 Å². The molecule has 2 N–H and O–H groups in total. The zero-order chi connectivity index (χ0) is 23.8. The summed E-state index contributed by atoms with van der Waals surface area (Å²) in [5, 5.41) is 13.5. The van der Waals surface area contributed by atoms with E-state index in [1.807, 2.05) is 42.5 Å². The maximum absolute atomic E-state index is 12.3. The predicted molar refractivity (Wildman–Crippen MR) is 130 cm³/mol. The van der Waals surface area contributed by atoms with E-state index in [1.54, 1.807) is 25.5 Å². The van der Waals surface area contributed by atoms with Gasteiger partial charge in [0.1, 0.15) is 18.2 Å². The predicted octanol–water partition coefficient (Wildman–Crippen LogP) is 3.24. The van der Waals surface area contributed by atoms with Crippen LogP contribution in [0.25, 0.3) is 11.3 Å². The van der Waals surface area contributed by atoms with Crippen molar-refractivity contribution in [1.82, 2.24) is 14.9 Å². The molecule has 4 rings (SSSR count). The first-order valence-electron chi connectivity index (χ1n) is 11.1. The summed E-state index contributed by atoms with van der Waals surface area (Å²) in [5.74, 6) is 1.42. The Balaban J connectivity index is 1.44. The molecule has 2 heterocycles. The number of nitrogens with zero attached hydrogens (tertiary/aromatic N) is 4. The average molecular weight is 459 g/mol. The second kappa shape index (κ2) is 11.1. The van der Waals surface area contributed by atoms with E-state index < -0.39 is 5.56 Å². The van der Waals surface area contributed by atoms with Gasteiger partial charge in [-0.3, -0.25) is 14.7 Å². The SMILES string of the molecule is COc1cc(C=NNc2nc(-c3ccccc3)c(C#N)c(=O)[nH]2)ccc1OCCN1CCCC1. The van der Waals surface area contributed by atoms with Crippen LogP contribution >= 0.6 is 0 Å². The van der Waals surface area contributed by atoms with Crippen LogP contribution in [0.5, 0.6) is 11.5 Å². The smallest absolute Gasteiger partial charge is 0.270 e. The van der Waals surface area contributed by atoms with Gasteiger partial charge in [-0.1, -0.05) is 30.3 Å². The number of hydrogen-bond acceptors (Lipinski definition) is 8. The second-order valence-corrected chi connectivity index (χ2v) is 7.79. The van der Waals surface area contributed by atoms with Crippen molar-refractivity contribution in [2.24, 2.45) is 5.10 Å². The summed E-state index contributed by atoms with van der Waals surface area (Å²) in [7, 11) is 1.60. The van der Waals surface area contributed by atoms with Crippen LogP contribution < -0.4 is 20.5 Å². The third-order valence-electron chi connectivity index (χ3n) is 5.51. The largest absolute Gasteiger partial charge is 0.493 e. The zero-order valence-electron chi connectivity index (χ0n) is 19.0. The van der Waals surface area contributed by atoms with Crippen LogP contribution in [0.1, 0.15) is 24.0 Å². The molecule has 1 saturated heterocycles. The normalized spacial score (nSPS) is 13.6. The first kappa shape index (κ1) is 23.0. The highest BCUT2D eigenvalue weighted by atomic mass is 16.5. The first-order chi connectivity index (χ1) is 16.7. The molecule has 1 aliphatic heterocycles. The third kappa shape index (κ3) is 5.60. The Morgan fingerprint density at radius 3 is 2.74 bits per heavy atom. The number of nitriles is 1. The van der Waals surface area contributed by atoms with Gasteiger partial charge in [-0.25, -0.2) is 10.4 Å². The van der Waals surface area contributed by atoms with Gasteiger partial charge in [0.05, 0.1) is 19.0 Å². The molecular weight excluding hydrogens is 432 g/mol. The number of methoxy groups -OCH3 is 1. The standard InChI is InChI=1S/C25H26N6O3/c1-33-22-15-18(9-10-21(22)34-14-13-31-11-5-6-12-31)17-27-30-25-28-23(19-7-3-2-4-8-19)20(16-26)24(32)29-25/h2-4,7-10,15,17H,5-6,11-14H2,1H3,(H2,28,29,30,32). The summed E-state index contributed by atoms with van der Waals surface area (Å²) >= 11 is 0.